The van der Waals surface area contributed by atoms with Crippen LogP contribution in [0.3, 0.4) is 0 Å². The molecule has 2 aromatic rings. The van der Waals surface area contributed by atoms with Crippen molar-refractivity contribution in [2.24, 2.45) is 0 Å². The molecule has 0 aliphatic carbocycles. The van der Waals surface area contributed by atoms with Gasteiger partial charge in [0.2, 0.25) is 0 Å². The first-order chi connectivity index (χ1) is 10.1. The highest BCUT2D eigenvalue weighted by molar-refractivity contribution is 7.10. The Morgan fingerprint density at radius 3 is 2.90 bits per heavy atom. The molecule has 0 saturated carbocycles. The topological polar surface area (TPSA) is 70.5 Å². The lowest BCUT2D eigenvalue weighted by Gasteiger charge is -2.33. The van der Waals surface area contributed by atoms with E-state index < -0.39 is 5.97 Å². The first kappa shape index (κ1) is 13.8. The van der Waals surface area contributed by atoms with E-state index in [0.717, 1.165) is 6.42 Å². The van der Waals surface area contributed by atoms with Crippen LogP contribution in [0, 0.1) is 0 Å². The number of aromatic nitrogens is 1. The lowest BCUT2D eigenvalue weighted by molar-refractivity contribution is 0.0679. The Kier molecular flexibility index (Phi) is 3.47. The van der Waals surface area contributed by atoms with E-state index in [1.807, 2.05) is 12.3 Å². The van der Waals surface area contributed by atoms with Gasteiger partial charge in [-0.3, -0.25) is 9.78 Å². The van der Waals surface area contributed by atoms with Crippen LogP contribution in [0.25, 0.3) is 0 Å². The van der Waals surface area contributed by atoms with E-state index in [1.54, 1.807) is 16.2 Å². The van der Waals surface area contributed by atoms with Crippen LogP contribution in [0.5, 0.6) is 0 Å². The van der Waals surface area contributed by atoms with Gasteiger partial charge in [-0.05, 0) is 36.4 Å². The van der Waals surface area contributed by atoms with Crippen LogP contribution in [-0.4, -0.2) is 33.4 Å². The van der Waals surface area contributed by atoms with Crippen LogP contribution in [-0.2, 0) is 6.42 Å². The SMILES string of the molecule is CC1c2ccsc2CCN1C(=O)c1cncc(C(=O)O)c1. The van der Waals surface area contributed by atoms with Crippen LogP contribution >= 0.6 is 11.3 Å². The Morgan fingerprint density at radius 2 is 2.14 bits per heavy atom. The van der Waals surface area contributed by atoms with E-state index in [1.165, 1.54) is 28.9 Å². The Labute approximate surface area is 125 Å². The lowest BCUT2D eigenvalue weighted by Crippen LogP contribution is -2.38. The van der Waals surface area contributed by atoms with Gasteiger partial charge in [0.25, 0.3) is 5.91 Å². The lowest BCUT2D eigenvalue weighted by atomic mass is 10.0. The van der Waals surface area contributed by atoms with Crippen LogP contribution in [0.1, 0.15) is 44.1 Å². The summed E-state index contributed by atoms with van der Waals surface area (Å²) in [5.74, 6) is -1.25. The maximum Gasteiger partial charge on any atom is 0.337 e. The van der Waals surface area contributed by atoms with E-state index >= 15 is 0 Å². The summed E-state index contributed by atoms with van der Waals surface area (Å²) in [4.78, 5) is 30.5. The fourth-order valence-corrected chi connectivity index (χ4v) is 3.59. The second kappa shape index (κ2) is 5.29. The molecule has 1 aliphatic rings. The van der Waals surface area contributed by atoms with Gasteiger partial charge in [0.15, 0.2) is 0 Å². The first-order valence-electron chi connectivity index (χ1n) is 6.63. The summed E-state index contributed by atoms with van der Waals surface area (Å²) < 4.78 is 0. The molecule has 5 nitrogen and oxygen atoms in total. The van der Waals surface area contributed by atoms with Gasteiger partial charge < -0.3 is 10.0 Å². The van der Waals surface area contributed by atoms with Crippen LogP contribution in [0.4, 0.5) is 0 Å². The number of fused-ring (bicyclic) bond motifs is 1. The summed E-state index contributed by atoms with van der Waals surface area (Å²) in [6.45, 7) is 2.64. The second-order valence-corrected chi connectivity index (χ2v) is 5.99. The maximum absolute atomic E-state index is 12.6. The Hall–Kier alpha value is -2.21. The molecular weight excluding hydrogens is 288 g/mol. The monoisotopic (exact) mass is 302 g/mol. The molecule has 2 aromatic heterocycles. The fraction of sp³-hybridized carbons (Fsp3) is 0.267. The molecular formula is C15H14N2O3S. The number of thiophene rings is 1. The normalized spacial score (nSPS) is 17.4. The number of carboxylic acids is 1. The van der Waals surface area contributed by atoms with E-state index in [2.05, 4.69) is 11.1 Å². The average molecular weight is 302 g/mol. The van der Waals surface area contributed by atoms with Gasteiger partial charge in [0.1, 0.15) is 0 Å². The third-order valence-electron chi connectivity index (χ3n) is 3.77. The van der Waals surface area contributed by atoms with Gasteiger partial charge in [-0.1, -0.05) is 0 Å². The second-order valence-electron chi connectivity index (χ2n) is 4.99. The highest BCUT2D eigenvalue weighted by Gasteiger charge is 2.29. The molecule has 1 atom stereocenters. The smallest absolute Gasteiger partial charge is 0.337 e. The van der Waals surface area contributed by atoms with Crippen LogP contribution in [0.2, 0.25) is 0 Å². The Morgan fingerprint density at radius 1 is 1.38 bits per heavy atom. The maximum atomic E-state index is 12.6. The molecule has 1 amide bonds. The third kappa shape index (κ3) is 2.42. The number of carbonyl (C=O) groups is 2. The number of rotatable bonds is 2. The number of hydrogen-bond donors (Lipinski definition) is 1. The van der Waals surface area contributed by atoms with Crippen molar-refractivity contribution in [1.82, 2.24) is 9.88 Å². The van der Waals surface area contributed by atoms with Crippen molar-refractivity contribution in [2.45, 2.75) is 19.4 Å². The summed E-state index contributed by atoms with van der Waals surface area (Å²) >= 11 is 1.72. The summed E-state index contributed by atoms with van der Waals surface area (Å²) in [5.41, 5.74) is 1.53. The number of carboxylic acid groups (broad SMARTS) is 1. The summed E-state index contributed by atoms with van der Waals surface area (Å²) in [5, 5.41) is 11.0. The number of pyridine rings is 1. The van der Waals surface area contributed by atoms with Crippen molar-refractivity contribution in [2.75, 3.05) is 6.54 Å². The molecule has 108 valence electrons. The fourth-order valence-electron chi connectivity index (χ4n) is 2.63. The predicted octanol–water partition coefficient (Wildman–Crippen LogP) is 2.60. The van der Waals surface area contributed by atoms with Crippen molar-refractivity contribution >= 4 is 23.2 Å². The zero-order chi connectivity index (χ0) is 15.0. The van der Waals surface area contributed by atoms with Crippen LogP contribution < -0.4 is 0 Å². The third-order valence-corrected chi connectivity index (χ3v) is 4.77. The van der Waals surface area contributed by atoms with Crippen molar-refractivity contribution < 1.29 is 14.7 Å². The molecule has 0 radical (unpaired) electrons. The molecule has 6 heteroatoms. The number of carbonyl (C=O) groups excluding carboxylic acids is 1. The highest BCUT2D eigenvalue weighted by Crippen LogP contribution is 2.33. The molecule has 0 spiro atoms. The van der Waals surface area contributed by atoms with E-state index in [-0.39, 0.29) is 17.5 Å². The molecule has 1 N–H and O–H groups in total. The van der Waals surface area contributed by atoms with Gasteiger partial charge in [-0.2, -0.15) is 0 Å². The minimum atomic E-state index is -1.08. The molecule has 0 fully saturated rings. The van der Waals surface area contributed by atoms with Gasteiger partial charge in [0.05, 0.1) is 17.2 Å². The van der Waals surface area contributed by atoms with E-state index in [0.29, 0.717) is 12.1 Å². The molecule has 3 heterocycles. The minimum absolute atomic E-state index is 0.000911. The first-order valence-corrected chi connectivity index (χ1v) is 7.51. The molecule has 21 heavy (non-hydrogen) atoms. The molecule has 1 unspecified atom stereocenters. The highest BCUT2D eigenvalue weighted by atomic mass is 32.1. The Balaban J connectivity index is 1.89. The summed E-state index contributed by atoms with van der Waals surface area (Å²) in [6, 6.07) is 3.43. The summed E-state index contributed by atoms with van der Waals surface area (Å²) in [6.07, 6.45) is 3.51. The van der Waals surface area contributed by atoms with Crippen molar-refractivity contribution in [3.63, 3.8) is 0 Å². The van der Waals surface area contributed by atoms with Gasteiger partial charge in [0, 0.05) is 23.8 Å². The molecule has 0 aromatic carbocycles. The van der Waals surface area contributed by atoms with Gasteiger partial charge >= 0.3 is 5.97 Å². The predicted molar refractivity (Wildman–Crippen MR) is 78.7 cm³/mol. The number of amides is 1. The van der Waals surface area contributed by atoms with Crippen molar-refractivity contribution in [3.8, 4) is 0 Å². The number of nitrogens with zero attached hydrogens (tertiary/aromatic N) is 2. The minimum Gasteiger partial charge on any atom is -0.478 e. The van der Waals surface area contributed by atoms with E-state index in [9.17, 15) is 9.59 Å². The quantitative estimate of drug-likeness (QED) is 0.925. The zero-order valence-corrected chi connectivity index (χ0v) is 12.3. The molecule has 0 saturated heterocycles. The summed E-state index contributed by atoms with van der Waals surface area (Å²) in [7, 11) is 0. The number of hydrogen-bond acceptors (Lipinski definition) is 4. The van der Waals surface area contributed by atoms with Crippen molar-refractivity contribution in [1.29, 1.82) is 0 Å². The van der Waals surface area contributed by atoms with Gasteiger partial charge in [-0.25, -0.2) is 4.79 Å². The average Bonchev–Trinajstić information content (AvgIpc) is 2.96. The Bertz CT molecular complexity index is 710. The number of aromatic carboxylic acids is 1. The van der Waals surface area contributed by atoms with E-state index in [4.69, 9.17) is 5.11 Å². The van der Waals surface area contributed by atoms with Crippen LogP contribution in [0.15, 0.2) is 29.9 Å². The zero-order valence-electron chi connectivity index (χ0n) is 11.4. The van der Waals surface area contributed by atoms with Crippen molar-refractivity contribution in [3.05, 3.63) is 51.5 Å². The molecule has 3 rings (SSSR count). The standard InChI is InChI=1S/C15H14N2O3S/c1-9-12-3-5-21-13(12)2-4-17(9)14(18)10-6-11(15(19)20)8-16-7-10/h3,5-9H,2,4H2,1H3,(H,19,20). The largest absolute Gasteiger partial charge is 0.478 e. The molecule has 0 bridgehead atoms. The molecule has 1 aliphatic heterocycles. The van der Waals surface area contributed by atoms with Gasteiger partial charge in [-0.15, -0.1) is 11.3 Å².